The molecule has 0 bridgehead atoms. The van der Waals surface area contributed by atoms with E-state index in [9.17, 15) is 5.11 Å². The van der Waals surface area contributed by atoms with Gasteiger partial charge in [-0.3, -0.25) is 0 Å². The molecule has 11 heavy (non-hydrogen) atoms. The predicted molar refractivity (Wildman–Crippen MR) is 45.8 cm³/mol. The van der Waals surface area contributed by atoms with Crippen molar-refractivity contribution in [1.29, 1.82) is 0 Å². The Morgan fingerprint density at radius 2 is 2.09 bits per heavy atom. The number of phenols is 1. The fourth-order valence-corrected chi connectivity index (χ4v) is 0.948. The third kappa shape index (κ3) is 1.73. The Hall–Kier alpha value is -0.980. The summed E-state index contributed by atoms with van der Waals surface area (Å²) in [5.41, 5.74) is 2.08. The van der Waals surface area contributed by atoms with Gasteiger partial charge in [0.05, 0.1) is 0 Å². The molecule has 0 amide bonds. The Bertz CT molecular complexity index is 251. The van der Waals surface area contributed by atoms with Gasteiger partial charge in [-0.15, -0.1) is 0 Å². The first-order valence-electron chi connectivity index (χ1n) is 3.82. The molecule has 0 heterocycles. The Labute approximate surface area is 67.7 Å². The van der Waals surface area contributed by atoms with E-state index in [2.05, 4.69) is 19.9 Å². The SMILES string of the molecule is Cc1cc(C(C)C)[c]cc1O. The minimum atomic E-state index is 0.328. The molecule has 0 saturated carbocycles. The lowest BCUT2D eigenvalue weighted by Crippen LogP contribution is -1.87. The molecule has 1 radical (unpaired) electrons. The zero-order valence-electron chi connectivity index (χ0n) is 7.18. The fourth-order valence-electron chi connectivity index (χ4n) is 0.948. The van der Waals surface area contributed by atoms with E-state index in [1.54, 1.807) is 6.07 Å². The highest BCUT2D eigenvalue weighted by atomic mass is 16.3. The third-order valence-corrected chi connectivity index (χ3v) is 1.77. The van der Waals surface area contributed by atoms with E-state index in [-0.39, 0.29) is 0 Å². The minimum Gasteiger partial charge on any atom is -0.508 e. The standard InChI is InChI=1S/C10H13O/c1-7(2)9-4-5-10(11)8(3)6-9/h5-7,11H,1-3H3. The van der Waals surface area contributed by atoms with E-state index in [4.69, 9.17) is 0 Å². The highest BCUT2D eigenvalue weighted by Gasteiger charge is 2.01. The first-order chi connectivity index (χ1) is 5.11. The minimum absolute atomic E-state index is 0.328. The number of aryl methyl sites for hydroxylation is 1. The zero-order chi connectivity index (χ0) is 8.43. The number of phenolic OH excluding ortho intramolecular Hbond substituents is 1. The van der Waals surface area contributed by atoms with Crippen LogP contribution in [0.5, 0.6) is 5.75 Å². The van der Waals surface area contributed by atoms with Crippen LogP contribution >= 0.6 is 0 Å². The Morgan fingerprint density at radius 3 is 2.55 bits per heavy atom. The maximum absolute atomic E-state index is 9.19. The van der Waals surface area contributed by atoms with Gasteiger partial charge in [-0.05, 0) is 36.1 Å². The van der Waals surface area contributed by atoms with Crippen molar-refractivity contribution in [2.45, 2.75) is 26.7 Å². The van der Waals surface area contributed by atoms with Crippen LogP contribution in [0.2, 0.25) is 0 Å². The lowest BCUT2D eigenvalue weighted by molar-refractivity contribution is 0.470. The van der Waals surface area contributed by atoms with Crippen LogP contribution in [-0.4, -0.2) is 5.11 Å². The molecule has 1 aromatic carbocycles. The molecule has 0 aliphatic rings. The molecule has 0 atom stereocenters. The molecule has 1 nitrogen and oxygen atoms in total. The summed E-state index contributed by atoms with van der Waals surface area (Å²) in [7, 11) is 0. The highest BCUT2D eigenvalue weighted by Crippen LogP contribution is 2.21. The Kier molecular flexibility index (Phi) is 2.18. The molecule has 0 fully saturated rings. The molecular weight excluding hydrogens is 136 g/mol. The summed E-state index contributed by atoms with van der Waals surface area (Å²) < 4.78 is 0. The number of hydrogen-bond acceptors (Lipinski definition) is 1. The summed E-state index contributed by atoms with van der Waals surface area (Å²) in [4.78, 5) is 0. The summed E-state index contributed by atoms with van der Waals surface area (Å²) >= 11 is 0. The van der Waals surface area contributed by atoms with Crippen molar-refractivity contribution >= 4 is 0 Å². The van der Waals surface area contributed by atoms with E-state index in [1.807, 2.05) is 13.0 Å². The molecule has 1 aromatic rings. The van der Waals surface area contributed by atoms with Crippen LogP contribution in [0.3, 0.4) is 0 Å². The zero-order valence-corrected chi connectivity index (χ0v) is 7.18. The van der Waals surface area contributed by atoms with Gasteiger partial charge in [0, 0.05) is 0 Å². The van der Waals surface area contributed by atoms with Gasteiger partial charge in [0.1, 0.15) is 5.75 Å². The number of rotatable bonds is 1. The Balaban J connectivity index is 3.05. The van der Waals surface area contributed by atoms with Crippen LogP contribution in [0.15, 0.2) is 12.1 Å². The lowest BCUT2D eigenvalue weighted by atomic mass is 10.0. The first-order valence-corrected chi connectivity index (χ1v) is 3.82. The predicted octanol–water partition coefficient (Wildman–Crippen LogP) is 2.62. The van der Waals surface area contributed by atoms with E-state index >= 15 is 0 Å². The van der Waals surface area contributed by atoms with Gasteiger partial charge in [-0.1, -0.05) is 19.9 Å². The molecule has 0 aliphatic heterocycles. The second kappa shape index (κ2) is 2.95. The largest absolute Gasteiger partial charge is 0.508 e. The van der Waals surface area contributed by atoms with Gasteiger partial charge >= 0.3 is 0 Å². The second-order valence-corrected chi connectivity index (χ2v) is 3.11. The maximum atomic E-state index is 9.19. The molecular formula is C10H13O. The van der Waals surface area contributed by atoms with Crippen molar-refractivity contribution in [1.82, 2.24) is 0 Å². The van der Waals surface area contributed by atoms with E-state index < -0.39 is 0 Å². The third-order valence-electron chi connectivity index (χ3n) is 1.77. The summed E-state index contributed by atoms with van der Waals surface area (Å²) in [6.45, 7) is 6.12. The van der Waals surface area contributed by atoms with Crippen LogP contribution < -0.4 is 0 Å². The summed E-state index contributed by atoms with van der Waals surface area (Å²) in [6, 6.07) is 6.63. The fraction of sp³-hybridized carbons (Fsp3) is 0.400. The average Bonchev–Trinajstić information content (AvgIpc) is 1.94. The molecule has 1 rings (SSSR count). The number of hydrogen-bond donors (Lipinski definition) is 1. The lowest BCUT2D eigenvalue weighted by Gasteiger charge is -2.05. The quantitative estimate of drug-likeness (QED) is 0.650. The molecule has 0 spiro atoms. The van der Waals surface area contributed by atoms with Crippen molar-refractivity contribution in [3.63, 3.8) is 0 Å². The van der Waals surface area contributed by atoms with Crippen LogP contribution in [0.25, 0.3) is 0 Å². The van der Waals surface area contributed by atoms with Gasteiger partial charge < -0.3 is 5.11 Å². The van der Waals surface area contributed by atoms with Gasteiger partial charge in [0.25, 0.3) is 0 Å². The molecule has 0 saturated heterocycles. The van der Waals surface area contributed by atoms with Crippen LogP contribution in [-0.2, 0) is 0 Å². The van der Waals surface area contributed by atoms with Crippen molar-refractivity contribution in [3.8, 4) is 5.75 Å². The maximum Gasteiger partial charge on any atom is 0.119 e. The normalized spacial score (nSPS) is 10.5. The van der Waals surface area contributed by atoms with Crippen LogP contribution in [0, 0.1) is 13.0 Å². The van der Waals surface area contributed by atoms with Gasteiger partial charge in [-0.2, -0.15) is 0 Å². The van der Waals surface area contributed by atoms with Crippen molar-refractivity contribution in [2.75, 3.05) is 0 Å². The molecule has 59 valence electrons. The van der Waals surface area contributed by atoms with Crippen molar-refractivity contribution in [2.24, 2.45) is 0 Å². The second-order valence-electron chi connectivity index (χ2n) is 3.11. The first kappa shape index (κ1) is 8.12. The smallest absolute Gasteiger partial charge is 0.119 e. The van der Waals surface area contributed by atoms with E-state index in [0.29, 0.717) is 11.7 Å². The Morgan fingerprint density at radius 1 is 1.45 bits per heavy atom. The summed E-state index contributed by atoms with van der Waals surface area (Å²) in [5.74, 6) is 0.809. The molecule has 0 unspecified atom stereocenters. The van der Waals surface area contributed by atoms with Crippen LogP contribution in [0.1, 0.15) is 30.9 Å². The number of benzene rings is 1. The van der Waals surface area contributed by atoms with Gasteiger partial charge in [0.2, 0.25) is 0 Å². The van der Waals surface area contributed by atoms with E-state index in [0.717, 1.165) is 11.1 Å². The average molecular weight is 149 g/mol. The molecule has 0 aliphatic carbocycles. The molecule has 1 N–H and O–H groups in total. The van der Waals surface area contributed by atoms with Crippen molar-refractivity contribution < 1.29 is 5.11 Å². The summed E-state index contributed by atoms with van der Waals surface area (Å²) in [5, 5.41) is 9.19. The molecule has 0 aromatic heterocycles. The highest BCUT2D eigenvalue weighted by molar-refractivity contribution is 5.35. The van der Waals surface area contributed by atoms with E-state index in [1.165, 1.54) is 0 Å². The summed E-state index contributed by atoms with van der Waals surface area (Å²) in [6.07, 6.45) is 0. The monoisotopic (exact) mass is 149 g/mol. The van der Waals surface area contributed by atoms with Crippen molar-refractivity contribution in [3.05, 3.63) is 29.3 Å². The van der Waals surface area contributed by atoms with Gasteiger partial charge in [-0.25, -0.2) is 0 Å². The molecule has 1 heteroatoms. The van der Waals surface area contributed by atoms with Gasteiger partial charge in [0.15, 0.2) is 0 Å². The topological polar surface area (TPSA) is 20.2 Å². The number of aromatic hydroxyl groups is 1. The van der Waals surface area contributed by atoms with Crippen LogP contribution in [0.4, 0.5) is 0 Å².